The Labute approximate surface area is 123 Å². The van der Waals surface area contributed by atoms with Crippen LogP contribution >= 0.6 is 22.7 Å². The second-order valence-electron chi connectivity index (χ2n) is 4.33. The molecule has 0 aliphatic carbocycles. The molecule has 0 saturated carbocycles. The van der Waals surface area contributed by atoms with Gasteiger partial charge < -0.3 is 10.4 Å². The molecule has 0 fully saturated rings. The van der Waals surface area contributed by atoms with Crippen molar-refractivity contribution < 1.29 is 9.90 Å². The largest absolute Gasteiger partial charge is 0.481 e. The van der Waals surface area contributed by atoms with Gasteiger partial charge in [-0.3, -0.25) is 4.79 Å². The first kappa shape index (κ1) is 13.1. The van der Waals surface area contributed by atoms with E-state index in [1.54, 1.807) is 11.3 Å². The first-order valence-electron chi connectivity index (χ1n) is 6.07. The van der Waals surface area contributed by atoms with Gasteiger partial charge in [0.05, 0.1) is 22.1 Å². The van der Waals surface area contributed by atoms with E-state index in [0.29, 0.717) is 6.54 Å². The van der Waals surface area contributed by atoms with Crippen LogP contribution in [0.3, 0.4) is 0 Å². The molecule has 0 radical (unpaired) electrons. The molecule has 2 N–H and O–H groups in total. The van der Waals surface area contributed by atoms with Crippen molar-refractivity contribution in [2.24, 2.45) is 0 Å². The van der Waals surface area contributed by atoms with Crippen molar-refractivity contribution in [2.45, 2.75) is 13.0 Å². The van der Waals surface area contributed by atoms with E-state index in [2.05, 4.69) is 16.4 Å². The molecule has 2 aromatic heterocycles. The summed E-state index contributed by atoms with van der Waals surface area (Å²) in [5.74, 6) is -0.790. The van der Waals surface area contributed by atoms with E-state index in [1.807, 2.05) is 29.8 Å². The second kappa shape index (κ2) is 5.60. The maximum atomic E-state index is 10.6. The molecule has 3 aromatic rings. The molecule has 0 aliphatic heterocycles. The lowest BCUT2D eigenvalue weighted by atomic mass is 10.3. The molecule has 0 aliphatic rings. The molecule has 0 unspecified atom stereocenters. The molecule has 102 valence electrons. The maximum Gasteiger partial charge on any atom is 0.308 e. The van der Waals surface area contributed by atoms with Gasteiger partial charge in [0.25, 0.3) is 0 Å². The van der Waals surface area contributed by atoms with Gasteiger partial charge in [-0.2, -0.15) is 0 Å². The lowest BCUT2D eigenvalue weighted by Gasteiger charge is -2.04. The molecule has 6 heteroatoms. The van der Waals surface area contributed by atoms with Crippen LogP contribution in [-0.4, -0.2) is 16.1 Å². The van der Waals surface area contributed by atoms with Crippen LogP contribution in [0.1, 0.15) is 9.75 Å². The van der Waals surface area contributed by atoms with Gasteiger partial charge >= 0.3 is 5.97 Å². The van der Waals surface area contributed by atoms with Gasteiger partial charge in [0.2, 0.25) is 0 Å². The second-order valence-corrected chi connectivity index (χ2v) is 6.47. The van der Waals surface area contributed by atoms with Gasteiger partial charge in [-0.1, -0.05) is 0 Å². The number of rotatable bonds is 5. The number of anilines is 1. The predicted octanol–water partition coefficient (Wildman–Crippen LogP) is 3.60. The first-order chi connectivity index (χ1) is 9.70. The van der Waals surface area contributed by atoms with Crippen molar-refractivity contribution in [3.05, 3.63) is 45.6 Å². The summed E-state index contributed by atoms with van der Waals surface area (Å²) in [7, 11) is 0. The number of thiazole rings is 1. The van der Waals surface area contributed by atoms with Crippen LogP contribution in [0.25, 0.3) is 10.2 Å². The molecule has 0 amide bonds. The summed E-state index contributed by atoms with van der Waals surface area (Å²) >= 11 is 3.15. The number of carboxylic acids is 1. The fourth-order valence-electron chi connectivity index (χ4n) is 1.92. The van der Waals surface area contributed by atoms with Crippen LogP contribution < -0.4 is 5.32 Å². The zero-order valence-corrected chi connectivity index (χ0v) is 12.1. The van der Waals surface area contributed by atoms with Gasteiger partial charge in [0.15, 0.2) is 0 Å². The molecule has 4 nitrogen and oxygen atoms in total. The SMILES string of the molecule is O=C(O)Cc1ccc(CNc2ccc3ncsc3c2)s1. The van der Waals surface area contributed by atoms with Crippen LogP contribution in [0.4, 0.5) is 5.69 Å². The third-order valence-corrected chi connectivity index (χ3v) is 4.72. The van der Waals surface area contributed by atoms with Crippen molar-refractivity contribution in [3.8, 4) is 0 Å². The summed E-state index contributed by atoms with van der Waals surface area (Å²) in [6, 6.07) is 9.94. The van der Waals surface area contributed by atoms with Crippen molar-refractivity contribution >= 4 is 44.5 Å². The highest BCUT2D eigenvalue weighted by Crippen LogP contribution is 2.23. The Morgan fingerprint density at radius 3 is 2.95 bits per heavy atom. The molecule has 0 atom stereocenters. The van der Waals surface area contributed by atoms with Gasteiger partial charge in [-0.25, -0.2) is 4.98 Å². The van der Waals surface area contributed by atoms with E-state index in [4.69, 9.17) is 5.11 Å². The van der Waals surface area contributed by atoms with E-state index in [1.165, 1.54) is 11.3 Å². The Hall–Kier alpha value is -1.92. The topological polar surface area (TPSA) is 62.2 Å². The Balaban J connectivity index is 1.66. The quantitative estimate of drug-likeness (QED) is 0.756. The third-order valence-electron chi connectivity index (χ3n) is 2.84. The molecule has 1 aromatic carbocycles. The van der Waals surface area contributed by atoms with E-state index in [9.17, 15) is 4.79 Å². The zero-order chi connectivity index (χ0) is 13.9. The standard InChI is InChI=1S/C14H12N2O2S2/c17-14(18)6-10-2-3-11(20-10)7-15-9-1-4-12-13(5-9)19-8-16-12/h1-5,8,15H,6-7H2,(H,17,18). The molecule has 0 bridgehead atoms. The number of nitrogens with zero attached hydrogens (tertiary/aromatic N) is 1. The Kier molecular flexibility index (Phi) is 3.66. The van der Waals surface area contributed by atoms with Crippen LogP contribution in [0.2, 0.25) is 0 Å². The van der Waals surface area contributed by atoms with Crippen LogP contribution in [0.15, 0.2) is 35.8 Å². The number of aromatic nitrogens is 1. The summed E-state index contributed by atoms with van der Waals surface area (Å²) in [6.45, 7) is 0.703. The van der Waals surface area contributed by atoms with Crippen molar-refractivity contribution in [1.29, 1.82) is 0 Å². The fraction of sp³-hybridized carbons (Fsp3) is 0.143. The Morgan fingerprint density at radius 1 is 1.25 bits per heavy atom. The molecular weight excluding hydrogens is 292 g/mol. The lowest BCUT2D eigenvalue weighted by molar-refractivity contribution is -0.136. The van der Waals surface area contributed by atoms with E-state index in [-0.39, 0.29) is 6.42 Å². The summed E-state index contributed by atoms with van der Waals surface area (Å²) < 4.78 is 1.16. The number of hydrogen-bond acceptors (Lipinski definition) is 5. The minimum Gasteiger partial charge on any atom is -0.481 e. The van der Waals surface area contributed by atoms with Gasteiger partial charge in [0.1, 0.15) is 0 Å². The number of nitrogens with one attached hydrogen (secondary N) is 1. The molecule has 3 rings (SSSR count). The maximum absolute atomic E-state index is 10.6. The number of carbonyl (C=O) groups is 1. The number of hydrogen-bond donors (Lipinski definition) is 2. The smallest absolute Gasteiger partial charge is 0.308 e. The average molecular weight is 304 g/mol. The highest BCUT2D eigenvalue weighted by atomic mass is 32.1. The number of thiophene rings is 1. The van der Waals surface area contributed by atoms with Gasteiger partial charge in [0, 0.05) is 22.0 Å². The Morgan fingerprint density at radius 2 is 2.10 bits per heavy atom. The van der Waals surface area contributed by atoms with E-state index < -0.39 is 5.97 Å². The number of fused-ring (bicyclic) bond motifs is 1. The molecule has 20 heavy (non-hydrogen) atoms. The Bertz CT molecular complexity index is 748. The molecule has 2 heterocycles. The summed E-state index contributed by atoms with van der Waals surface area (Å²) in [5, 5.41) is 12.1. The minimum absolute atomic E-state index is 0.0947. The van der Waals surface area contributed by atoms with Gasteiger partial charge in [-0.15, -0.1) is 22.7 Å². The fourth-order valence-corrected chi connectivity index (χ4v) is 3.58. The monoisotopic (exact) mass is 304 g/mol. The molecule has 0 saturated heterocycles. The molecular formula is C14H12N2O2S2. The predicted molar refractivity (Wildman–Crippen MR) is 82.6 cm³/mol. The van der Waals surface area contributed by atoms with Crippen molar-refractivity contribution in [2.75, 3.05) is 5.32 Å². The number of carboxylic acid groups (broad SMARTS) is 1. The van der Waals surface area contributed by atoms with Crippen LogP contribution in [0, 0.1) is 0 Å². The number of benzene rings is 1. The normalized spacial score (nSPS) is 10.8. The van der Waals surface area contributed by atoms with Gasteiger partial charge in [-0.05, 0) is 30.3 Å². The van der Waals surface area contributed by atoms with E-state index in [0.717, 1.165) is 25.7 Å². The highest BCUT2D eigenvalue weighted by molar-refractivity contribution is 7.16. The highest BCUT2D eigenvalue weighted by Gasteiger charge is 2.05. The summed E-state index contributed by atoms with van der Waals surface area (Å²) in [6.07, 6.45) is 0.0947. The lowest BCUT2D eigenvalue weighted by Crippen LogP contribution is -1.98. The minimum atomic E-state index is -0.790. The van der Waals surface area contributed by atoms with Crippen molar-refractivity contribution in [1.82, 2.24) is 4.98 Å². The van der Waals surface area contributed by atoms with Crippen molar-refractivity contribution in [3.63, 3.8) is 0 Å². The third kappa shape index (κ3) is 2.97. The number of aliphatic carboxylic acids is 1. The first-order valence-corrected chi connectivity index (χ1v) is 7.77. The summed E-state index contributed by atoms with van der Waals surface area (Å²) in [4.78, 5) is 16.9. The van der Waals surface area contributed by atoms with E-state index >= 15 is 0 Å². The van der Waals surface area contributed by atoms with Crippen LogP contribution in [-0.2, 0) is 17.8 Å². The average Bonchev–Trinajstić information content (AvgIpc) is 3.03. The zero-order valence-electron chi connectivity index (χ0n) is 10.5. The molecule has 0 spiro atoms. The van der Waals surface area contributed by atoms with Crippen LogP contribution in [0.5, 0.6) is 0 Å². The summed E-state index contributed by atoms with van der Waals surface area (Å²) in [5.41, 5.74) is 3.90.